The highest BCUT2D eigenvalue weighted by atomic mass is 35.5. The molecule has 7 heteroatoms. The van der Waals surface area contributed by atoms with Gasteiger partial charge in [-0.1, -0.05) is 12.1 Å². The minimum Gasteiger partial charge on any atom is -0.475 e. The maximum absolute atomic E-state index is 12.9. The first kappa shape index (κ1) is 16.6. The van der Waals surface area contributed by atoms with Gasteiger partial charge in [-0.3, -0.25) is 4.79 Å². The third-order valence-corrected chi connectivity index (χ3v) is 3.34. The van der Waals surface area contributed by atoms with Crippen molar-refractivity contribution in [3.63, 3.8) is 0 Å². The van der Waals surface area contributed by atoms with Crippen molar-refractivity contribution in [3.8, 4) is 0 Å². The summed E-state index contributed by atoms with van der Waals surface area (Å²) in [5.41, 5.74) is 1.42. The molecule has 0 aliphatic carbocycles. The van der Waals surface area contributed by atoms with Crippen LogP contribution in [0, 0.1) is 5.82 Å². The lowest BCUT2D eigenvalue weighted by Gasteiger charge is -2.04. The number of carbonyl (C=O) groups excluding carboxylic acids is 1. The summed E-state index contributed by atoms with van der Waals surface area (Å²) >= 11 is 0. The van der Waals surface area contributed by atoms with E-state index in [9.17, 15) is 14.0 Å². The second kappa shape index (κ2) is 6.58. The number of pyridine rings is 1. The van der Waals surface area contributed by atoms with Gasteiger partial charge < -0.3 is 9.67 Å². The monoisotopic (exact) mass is 334 g/mol. The van der Waals surface area contributed by atoms with Crippen molar-refractivity contribution in [1.82, 2.24) is 9.55 Å². The fraction of sp³-hybridized carbons (Fsp3) is 0.0625. The van der Waals surface area contributed by atoms with Crippen LogP contribution in [0.15, 0.2) is 48.8 Å². The SMILES string of the molecule is Cl.O=C(O)C(=O)c1cn(Cc2ccc(F)cc2)c2ncccc12. The van der Waals surface area contributed by atoms with Crippen LogP contribution < -0.4 is 0 Å². The first-order chi connectivity index (χ1) is 10.6. The van der Waals surface area contributed by atoms with Gasteiger partial charge >= 0.3 is 5.97 Å². The number of Topliss-reactive ketones (excluding diaryl/α,β-unsaturated/α-hetero) is 1. The predicted molar refractivity (Wildman–Crippen MR) is 84.4 cm³/mol. The molecule has 2 aromatic heterocycles. The normalized spacial score (nSPS) is 10.3. The van der Waals surface area contributed by atoms with E-state index >= 15 is 0 Å². The van der Waals surface area contributed by atoms with Gasteiger partial charge in [-0.2, -0.15) is 0 Å². The average molecular weight is 335 g/mol. The lowest BCUT2D eigenvalue weighted by Crippen LogP contribution is -2.12. The number of carboxylic acids is 1. The fourth-order valence-electron chi connectivity index (χ4n) is 2.33. The summed E-state index contributed by atoms with van der Waals surface area (Å²) in [6, 6.07) is 9.24. The van der Waals surface area contributed by atoms with Crippen LogP contribution in [0.4, 0.5) is 4.39 Å². The molecule has 1 aromatic carbocycles. The average Bonchev–Trinajstić information content (AvgIpc) is 2.88. The van der Waals surface area contributed by atoms with E-state index in [2.05, 4.69) is 4.98 Å². The van der Waals surface area contributed by atoms with Crippen LogP contribution >= 0.6 is 12.4 Å². The van der Waals surface area contributed by atoms with Crippen molar-refractivity contribution in [2.75, 3.05) is 0 Å². The third-order valence-electron chi connectivity index (χ3n) is 3.34. The Hall–Kier alpha value is -2.73. The van der Waals surface area contributed by atoms with Crippen molar-refractivity contribution in [3.05, 3.63) is 65.7 Å². The van der Waals surface area contributed by atoms with E-state index in [4.69, 9.17) is 5.11 Å². The zero-order valence-electron chi connectivity index (χ0n) is 11.8. The van der Waals surface area contributed by atoms with Crippen molar-refractivity contribution >= 4 is 35.2 Å². The number of aromatic nitrogens is 2. The molecule has 0 aliphatic heterocycles. The quantitative estimate of drug-likeness (QED) is 0.588. The molecule has 0 atom stereocenters. The number of ketones is 1. The topological polar surface area (TPSA) is 72.2 Å². The molecule has 0 unspecified atom stereocenters. The van der Waals surface area contributed by atoms with Crippen LogP contribution in [0.25, 0.3) is 11.0 Å². The molecule has 0 aliphatic rings. The van der Waals surface area contributed by atoms with E-state index < -0.39 is 11.8 Å². The molecular weight excluding hydrogens is 323 g/mol. The van der Waals surface area contributed by atoms with Crippen LogP contribution in [0.1, 0.15) is 15.9 Å². The van der Waals surface area contributed by atoms with E-state index in [0.29, 0.717) is 17.6 Å². The highest BCUT2D eigenvalue weighted by Crippen LogP contribution is 2.21. The lowest BCUT2D eigenvalue weighted by atomic mass is 10.1. The minimum absolute atomic E-state index is 0. The Bertz CT molecular complexity index is 875. The summed E-state index contributed by atoms with van der Waals surface area (Å²) < 4.78 is 14.6. The van der Waals surface area contributed by atoms with Gasteiger partial charge in [-0.15, -0.1) is 12.4 Å². The van der Waals surface area contributed by atoms with Crippen LogP contribution in [0.2, 0.25) is 0 Å². The number of hydrogen-bond acceptors (Lipinski definition) is 3. The first-order valence-electron chi connectivity index (χ1n) is 6.52. The van der Waals surface area contributed by atoms with Gasteiger partial charge in [0.25, 0.3) is 5.78 Å². The number of carboxylic acid groups (broad SMARTS) is 1. The Morgan fingerprint density at radius 1 is 1.17 bits per heavy atom. The lowest BCUT2D eigenvalue weighted by molar-refractivity contribution is -0.131. The first-order valence-corrected chi connectivity index (χ1v) is 6.52. The molecule has 1 N–H and O–H groups in total. The Morgan fingerprint density at radius 2 is 1.87 bits per heavy atom. The van der Waals surface area contributed by atoms with Crippen LogP contribution in [0.5, 0.6) is 0 Å². The zero-order valence-corrected chi connectivity index (χ0v) is 12.6. The molecule has 0 bridgehead atoms. The van der Waals surface area contributed by atoms with Gasteiger partial charge in [-0.05, 0) is 29.8 Å². The van der Waals surface area contributed by atoms with E-state index in [1.807, 2.05) is 0 Å². The summed E-state index contributed by atoms with van der Waals surface area (Å²) in [6.07, 6.45) is 3.04. The molecule has 0 amide bonds. The van der Waals surface area contributed by atoms with E-state index in [1.54, 1.807) is 35.0 Å². The van der Waals surface area contributed by atoms with Crippen LogP contribution in [-0.2, 0) is 11.3 Å². The van der Waals surface area contributed by atoms with Gasteiger partial charge in [0.2, 0.25) is 0 Å². The molecule has 3 rings (SSSR count). The largest absolute Gasteiger partial charge is 0.475 e. The Balaban J connectivity index is 0.00000192. The van der Waals surface area contributed by atoms with E-state index in [1.165, 1.54) is 18.3 Å². The summed E-state index contributed by atoms with van der Waals surface area (Å²) in [7, 11) is 0. The summed E-state index contributed by atoms with van der Waals surface area (Å²) in [5.74, 6) is -2.82. The fourth-order valence-corrected chi connectivity index (χ4v) is 2.33. The number of hydrogen-bond donors (Lipinski definition) is 1. The number of aliphatic carboxylic acids is 1. The number of fused-ring (bicyclic) bond motifs is 1. The summed E-state index contributed by atoms with van der Waals surface area (Å²) in [5, 5.41) is 9.39. The summed E-state index contributed by atoms with van der Waals surface area (Å²) in [4.78, 5) is 26.9. The number of benzene rings is 1. The molecule has 5 nitrogen and oxygen atoms in total. The highest BCUT2D eigenvalue weighted by Gasteiger charge is 2.21. The molecule has 3 aromatic rings. The van der Waals surface area contributed by atoms with Gasteiger partial charge in [0, 0.05) is 24.3 Å². The van der Waals surface area contributed by atoms with Crippen molar-refractivity contribution in [2.24, 2.45) is 0 Å². The molecule has 0 saturated carbocycles. The third kappa shape index (κ3) is 3.22. The Morgan fingerprint density at radius 3 is 2.52 bits per heavy atom. The van der Waals surface area contributed by atoms with E-state index in [0.717, 1.165) is 5.56 Å². The zero-order chi connectivity index (χ0) is 15.7. The molecule has 0 radical (unpaired) electrons. The molecular formula is C16H12ClFN2O3. The second-order valence-electron chi connectivity index (χ2n) is 4.81. The Kier molecular flexibility index (Phi) is 4.76. The standard InChI is InChI=1S/C16H11FN2O3.ClH/c17-11-5-3-10(4-6-11)8-19-9-13(14(20)16(21)22)12-2-1-7-18-15(12)19;/h1-7,9H,8H2,(H,21,22);1H. The van der Waals surface area contributed by atoms with Gasteiger partial charge in [0.1, 0.15) is 11.5 Å². The number of carbonyl (C=O) groups is 2. The number of rotatable bonds is 4. The Labute approximate surface area is 136 Å². The molecule has 2 heterocycles. The molecule has 0 spiro atoms. The summed E-state index contributed by atoms with van der Waals surface area (Å²) in [6.45, 7) is 0.362. The molecule has 0 saturated heterocycles. The smallest absolute Gasteiger partial charge is 0.377 e. The highest BCUT2D eigenvalue weighted by molar-refractivity contribution is 6.42. The maximum atomic E-state index is 12.9. The van der Waals surface area contributed by atoms with Crippen molar-refractivity contribution in [1.29, 1.82) is 0 Å². The van der Waals surface area contributed by atoms with Gasteiger partial charge in [0.05, 0.1) is 5.56 Å². The second-order valence-corrected chi connectivity index (χ2v) is 4.81. The molecule has 118 valence electrons. The number of halogens is 2. The van der Waals surface area contributed by atoms with E-state index in [-0.39, 0.29) is 23.8 Å². The van der Waals surface area contributed by atoms with Gasteiger partial charge in [-0.25, -0.2) is 14.2 Å². The maximum Gasteiger partial charge on any atom is 0.377 e. The molecule has 23 heavy (non-hydrogen) atoms. The van der Waals surface area contributed by atoms with Crippen molar-refractivity contribution in [2.45, 2.75) is 6.54 Å². The minimum atomic E-state index is -1.51. The number of nitrogens with zero attached hydrogens (tertiary/aromatic N) is 2. The van der Waals surface area contributed by atoms with Gasteiger partial charge in [0.15, 0.2) is 0 Å². The van der Waals surface area contributed by atoms with Crippen LogP contribution in [-0.4, -0.2) is 26.4 Å². The predicted octanol–water partition coefficient (Wildman–Crippen LogP) is 2.91. The molecule has 0 fully saturated rings. The van der Waals surface area contributed by atoms with Crippen LogP contribution in [0.3, 0.4) is 0 Å². The van der Waals surface area contributed by atoms with Crippen molar-refractivity contribution < 1.29 is 19.1 Å².